The van der Waals surface area contributed by atoms with E-state index in [1.807, 2.05) is 0 Å². The molecule has 0 aliphatic heterocycles. The van der Waals surface area contributed by atoms with Gasteiger partial charge in [0, 0.05) is 11.1 Å². The summed E-state index contributed by atoms with van der Waals surface area (Å²) in [6.45, 7) is 13.7. The summed E-state index contributed by atoms with van der Waals surface area (Å²) >= 11 is 0. The third-order valence-corrected chi connectivity index (χ3v) is 10.8. The molecule has 7 heteroatoms. The van der Waals surface area contributed by atoms with Crippen molar-refractivity contribution in [3.05, 3.63) is 53.1 Å². The minimum atomic E-state index is -0.750. The monoisotopic (exact) mass is 682 g/mol. The molecule has 7 nitrogen and oxygen atoms in total. The zero-order valence-electron chi connectivity index (χ0n) is 30.9. The molecule has 0 bridgehead atoms. The Morgan fingerprint density at radius 2 is 1.39 bits per heavy atom. The molecule has 1 aromatic rings. The number of benzene rings is 1. The van der Waals surface area contributed by atoms with Gasteiger partial charge in [-0.2, -0.15) is 0 Å². The number of ether oxygens (including phenoxy) is 3. The fourth-order valence-electron chi connectivity index (χ4n) is 7.89. The van der Waals surface area contributed by atoms with Crippen LogP contribution >= 0.6 is 0 Å². The summed E-state index contributed by atoms with van der Waals surface area (Å²) in [5.41, 5.74) is 4.31. The third kappa shape index (κ3) is 13.9. The zero-order chi connectivity index (χ0) is 35.6. The average molecular weight is 683 g/mol. The van der Waals surface area contributed by atoms with Gasteiger partial charge in [-0.05, 0) is 131 Å². The summed E-state index contributed by atoms with van der Waals surface area (Å²) in [5, 5.41) is 19.2. The van der Waals surface area contributed by atoms with E-state index in [9.17, 15) is 19.8 Å². The van der Waals surface area contributed by atoms with Gasteiger partial charge < -0.3 is 24.4 Å². The van der Waals surface area contributed by atoms with Gasteiger partial charge in [0.1, 0.15) is 5.75 Å². The van der Waals surface area contributed by atoms with Crippen molar-refractivity contribution < 1.29 is 34.0 Å². The molecule has 3 rings (SSSR count). The van der Waals surface area contributed by atoms with E-state index in [0.717, 1.165) is 53.9 Å². The van der Waals surface area contributed by atoms with Crippen LogP contribution in [0.3, 0.4) is 0 Å². The SMILES string of the molecule is C=C(C)C(=O)OCCCc1ccc(C2CCC(C3CCC(CCCCC)CC3)CC2)c(OCCCC(O)CO)c1CCCOC(=O)C(=C)C. The van der Waals surface area contributed by atoms with Crippen LogP contribution in [-0.4, -0.2) is 54.7 Å². The number of hydrogen-bond acceptors (Lipinski definition) is 7. The normalized spacial score (nSPS) is 21.5. The van der Waals surface area contributed by atoms with Gasteiger partial charge in [-0.1, -0.05) is 70.7 Å². The Kier molecular flexibility index (Phi) is 18.5. The fourth-order valence-corrected chi connectivity index (χ4v) is 7.89. The molecule has 2 N–H and O–H groups in total. The molecule has 0 saturated heterocycles. The van der Waals surface area contributed by atoms with Crippen molar-refractivity contribution in [1.29, 1.82) is 0 Å². The van der Waals surface area contributed by atoms with E-state index in [1.54, 1.807) is 13.8 Å². The minimum absolute atomic E-state index is 0.255. The predicted octanol–water partition coefficient (Wildman–Crippen LogP) is 8.96. The average Bonchev–Trinajstić information content (AvgIpc) is 3.10. The second-order valence-corrected chi connectivity index (χ2v) is 14.9. The van der Waals surface area contributed by atoms with Gasteiger partial charge in [0.25, 0.3) is 0 Å². The standard InChI is InChI=1S/C42H66O7/c1-6-7-8-12-32-16-18-33(19-17-32)34-20-22-36(23-21-34)39-25-24-35(13-9-27-48-41(45)30(2)3)38(15-11-28-49-42(46)31(4)5)40(39)47-26-10-14-37(44)29-43/h24-25,32-34,36-37,43-44H,2,4,6-23,26-29H2,1,3,5H3. The molecular weight excluding hydrogens is 616 g/mol. The molecular formula is C42H66O7. The third-order valence-electron chi connectivity index (χ3n) is 10.8. The molecule has 0 radical (unpaired) electrons. The van der Waals surface area contributed by atoms with Crippen molar-refractivity contribution in [2.45, 2.75) is 148 Å². The predicted molar refractivity (Wildman–Crippen MR) is 197 cm³/mol. The Hall–Kier alpha value is -2.64. The van der Waals surface area contributed by atoms with Crippen molar-refractivity contribution in [1.82, 2.24) is 0 Å². The topological polar surface area (TPSA) is 102 Å². The first-order valence-electron chi connectivity index (χ1n) is 19.4. The molecule has 1 atom stereocenters. The Morgan fingerprint density at radius 3 is 1.96 bits per heavy atom. The molecule has 49 heavy (non-hydrogen) atoms. The summed E-state index contributed by atoms with van der Waals surface area (Å²) in [6, 6.07) is 4.48. The van der Waals surface area contributed by atoms with Crippen LogP contribution in [0.4, 0.5) is 0 Å². The number of unbranched alkanes of at least 4 members (excludes halogenated alkanes) is 2. The molecule has 0 aromatic heterocycles. The lowest BCUT2D eigenvalue weighted by Crippen LogP contribution is -2.25. The maximum Gasteiger partial charge on any atom is 0.333 e. The van der Waals surface area contributed by atoms with Crippen molar-refractivity contribution in [3.8, 4) is 5.75 Å². The molecule has 1 aromatic carbocycles. The molecule has 0 amide bonds. The number of hydrogen-bond donors (Lipinski definition) is 2. The summed E-state index contributed by atoms with van der Waals surface area (Å²) in [6.07, 6.45) is 19.0. The summed E-state index contributed by atoms with van der Waals surface area (Å²) in [5.74, 6) is 3.23. The number of carbonyl (C=O) groups excluding carboxylic acids is 2. The lowest BCUT2D eigenvalue weighted by molar-refractivity contribution is -0.139. The summed E-state index contributed by atoms with van der Waals surface area (Å²) < 4.78 is 17.5. The van der Waals surface area contributed by atoms with Crippen LogP contribution in [0.1, 0.15) is 146 Å². The second kappa shape index (κ2) is 22.2. The largest absolute Gasteiger partial charge is 0.493 e. The van der Waals surface area contributed by atoms with E-state index < -0.39 is 6.10 Å². The second-order valence-electron chi connectivity index (χ2n) is 14.9. The van der Waals surface area contributed by atoms with E-state index in [4.69, 9.17) is 14.2 Å². The number of carbonyl (C=O) groups is 2. The molecule has 0 spiro atoms. The Morgan fingerprint density at radius 1 is 0.796 bits per heavy atom. The van der Waals surface area contributed by atoms with E-state index in [0.29, 0.717) is 69.0 Å². The highest BCUT2D eigenvalue weighted by atomic mass is 16.5. The maximum atomic E-state index is 12.1. The number of aliphatic hydroxyl groups is 2. The molecule has 2 aliphatic carbocycles. The fraction of sp³-hybridized carbons (Fsp3) is 0.714. The van der Waals surface area contributed by atoms with Crippen LogP contribution in [0.15, 0.2) is 36.4 Å². The highest BCUT2D eigenvalue weighted by molar-refractivity contribution is 5.87. The number of rotatable bonds is 22. The van der Waals surface area contributed by atoms with E-state index in [2.05, 4.69) is 32.2 Å². The van der Waals surface area contributed by atoms with E-state index >= 15 is 0 Å². The van der Waals surface area contributed by atoms with Crippen molar-refractivity contribution in [2.75, 3.05) is 26.4 Å². The van der Waals surface area contributed by atoms with Gasteiger partial charge in [0.15, 0.2) is 0 Å². The molecule has 0 heterocycles. The summed E-state index contributed by atoms with van der Waals surface area (Å²) in [7, 11) is 0. The van der Waals surface area contributed by atoms with Crippen molar-refractivity contribution in [3.63, 3.8) is 0 Å². The van der Waals surface area contributed by atoms with Gasteiger partial charge in [-0.15, -0.1) is 0 Å². The quantitative estimate of drug-likeness (QED) is 0.0715. The molecule has 2 fully saturated rings. The number of aliphatic hydroxyl groups excluding tert-OH is 2. The van der Waals surface area contributed by atoms with Crippen LogP contribution < -0.4 is 4.74 Å². The molecule has 276 valence electrons. The Labute approximate surface area is 296 Å². The molecule has 2 aliphatic rings. The van der Waals surface area contributed by atoms with Crippen LogP contribution in [0.25, 0.3) is 0 Å². The Balaban J connectivity index is 1.75. The van der Waals surface area contributed by atoms with E-state index in [-0.39, 0.29) is 18.5 Å². The van der Waals surface area contributed by atoms with Crippen LogP contribution in [-0.2, 0) is 31.9 Å². The first-order valence-corrected chi connectivity index (χ1v) is 19.4. The van der Waals surface area contributed by atoms with Gasteiger partial charge in [-0.3, -0.25) is 0 Å². The van der Waals surface area contributed by atoms with Crippen LogP contribution in [0.5, 0.6) is 5.75 Å². The first kappa shape index (κ1) is 40.8. The highest BCUT2D eigenvalue weighted by Gasteiger charge is 2.32. The van der Waals surface area contributed by atoms with Crippen LogP contribution in [0.2, 0.25) is 0 Å². The Bertz CT molecular complexity index is 1170. The number of aryl methyl sites for hydroxylation is 1. The van der Waals surface area contributed by atoms with Gasteiger partial charge in [-0.25, -0.2) is 9.59 Å². The first-order chi connectivity index (χ1) is 23.6. The van der Waals surface area contributed by atoms with Gasteiger partial charge in [0.05, 0.1) is 32.5 Å². The lowest BCUT2D eigenvalue weighted by Gasteiger charge is -2.38. The van der Waals surface area contributed by atoms with Crippen molar-refractivity contribution >= 4 is 11.9 Å². The number of esters is 2. The minimum Gasteiger partial charge on any atom is -0.493 e. The highest BCUT2D eigenvalue weighted by Crippen LogP contribution is 2.47. The van der Waals surface area contributed by atoms with Gasteiger partial charge >= 0.3 is 11.9 Å². The van der Waals surface area contributed by atoms with E-state index in [1.165, 1.54) is 69.8 Å². The van der Waals surface area contributed by atoms with Gasteiger partial charge in [0.2, 0.25) is 0 Å². The maximum absolute atomic E-state index is 12.1. The van der Waals surface area contributed by atoms with Crippen LogP contribution in [0, 0.1) is 17.8 Å². The lowest BCUT2D eigenvalue weighted by atomic mass is 9.67. The molecule has 1 unspecified atom stereocenters. The zero-order valence-corrected chi connectivity index (χ0v) is 30.9. The smallest absolute Gasteiger partial charge is 0.333 e. The van der Waals surface area contributed by atoms with Crippen molar-refractivity contribution in [2.24, 2.45) is 17.8 Å². The summed E-state index contributed by atoms with van der Waals surface area (Å²) in [4.78, 5) is 24.0. The molecule has 2 saturated carbocycles.